The van der Waals surface area contributed by atoms with Gasteiger partial charge < -0.3 is 21.4 Å². The SMILES string of the molecule is Nc1c(C(=O)NC2CCC(NC(=O)c3nc4ccccc4s3)CC2)[nH]c(=O)[nH]c1=O. The molecule has 156 valence electrons. The van der Waals surface area contributed by atoms with Crippen molar-refractivity contribution in [2.75, 3.05) is 5.73 Å². The Kier molecular flexibility index (Phi) is 5.36. The van der Waals surface area contributed by atoms with Gasteiger partial charge in [-0.3, -0.25) is 19.4 Å². The van der Waals surface area contributed by atoms with E-state index in [2.05, 4.69) is 20.6 Å². The molecule has 0 atom stereocenters. The largest absolute Gasteiger partial charge is 0.392 e. The van der Waals surface area contributed by atoms with Gasteiger partial charge in [-0.2, -0.15) is 0 Å². The monoisotopic (exact) mass is 428 g/mol. The zero-order valence-electron chi connectivity index (χ0n) is 15.9. The van der Waals surface area contributed by atoms with E-state index in [0.29, 0.717) is 30.7 Å². The third kappa shape index (κ3) is 4.10. The highest BCUT2D eigenvalue weighted by molar-refractivity contribution is 7.20. The first-order valence-electron chi connectivity index (χ1n) is 9.50. The summed E-state index contributed by atoms with van der Waals surface area (Å²) in [6.45, 7) is 0. The van der Waals surface area contributed by atoms with Crippen LogP contribution >= 0.6 is 11.3 Å². The van der Waals surface area contributed by atoms with Gasteiger partial charge in [0.05, 0.1) is 10.2 Å². The van der Waals surface area contributed by atoms with E-state index in [-0.39, 0.29) is 29.4 Å². The molecular formula is C19H20N6O4S. The average molecular weight is 428 g/mol. The second-order valence-electron chi connectivity index (χ2n) is 7.18. The summed E-state index contributed by atoms with van der Waals surface area (Å²) in [6, 6.07) is 7.44. The van der Waals surface area contributed by atoms with Crippen molar-refractivity contribution < 1.29 is 9.59 Å². The summed E-state index contributed by atoms with van der Waals surface area (Å²) in [5.41, 5.74) is 4.23. The molecule has 11 heteroatoms. The lowest BCUT2D eigenvalue weighted by Crippen LogP contribution is -2.44. The van der Waals surface area contributed by atoms with Gasteiger partial charge in [0.25, 0.3) is 17.4 Å². The fraction of sp³-hybridized carbons (Fsp3) is 0.316. The number of hydrogen-bond acceptors (Lipinski definition) is 7. The number of para-hydroxylation sites is 1. The molecule has 3 aromatic rings. The number of nitrogens with zero attached hydrogens (tertiary/aromatic N) is 1. The molecule has 0 radical (unpaired) electrons. The highest BCUT2D eigenvalue weighted by Gasteiger charge is 2.26. The predicted molar refractivity (Wildman–Crippen MR) is 113 cm³/mol. The Morgan fingerprint density at radius 3 is 2.30 bits per heavy atom. The number of rotatable bonds is 4. The Morgan fingerprint density at radius 2 is 1.63 bits per heavy atom. The second-order valence-corrected chi connectivity index (χ2v) is 8.21. The van der Waals surface area contributed by atoms with Gasteiger partial charge in [0, 0.05) is 12.1 Å². The standard InChI is InChI=1S/C19H20N6O4S/c20-13-14(24-19(29)25-15(13)26)16(27)21-9-5-7-10(8-6-9)22-17(28)18-23-11-3-1-2-4-12(11)30-18/h1-4,9-10H,5-8,20H2,(H,21,27)(H,22,28)(H2,24,25,26,29). The van der Waals surface area contributed by atoms with E-state index < -0.39 is 17.2 Å². The van der Waals surface area contributed by atoms with Crippen LogP contribution in [0.15, 0.2) is 33.9 Å². The summed E-state index contributed by atoms with van der Waals surface area (Å²) in [5.74, 6) is -0.796. The van der Waals surface area contributed by atoms with E-state index in [0.717, 1.165) is 10.2 Å². The Bertz CT molecular complexity index is 1190. The van der Waals surface area contributed by atoms with Gasteiger partial charge >= 0.3 is 5.69 Å². The van der Waals surface area contributed by atoms with Gasteiger partial charge in [0.2, 0.25) is 0 Å². The molecule has 1 aliphatic rings. The molecule has 0 bridgehead atoms. The van der Waals surface area contributed by atoms with Gasteiger partial charge in [-0.15, -0.1) is 11.3 Å². The maximum atomic E-state index is 12.5. The Morgan fingerprint density at radius 1 is 1.00 bits per heavy atom. The summed E-state index contributed by atoms with van der Waals surface area (Å²) in [7, 11) is 0. The van der Waals surface area contributed by atoms with E-state index in [4.69, 9.17) is 5.73 Å². The molecule has 1 aromatic carbocycles. The van der Waals surface area contributed by atoms with Crippen molar-refractivity contribution >= 4 is 39.1 Å². The Labute approximate surface area is 173 Å². The third-order valence-electron chi connectivity index (χ3n) is 5.09. The fourth-order valence-corrected chi connectivity index (χ4v) is 4.40. The van der Waals surface area contributed by atoms with Crippen LogP contribution in [0.5, 0.6) is 0 Å². The number of aromatic nitrogens is 3. The van der Waals surface area contributed by atoms with Crippen LogP contribution in [0.1, 0.15) is 46.0 Å². The quantitative estimate of drug-likeness (QED) is 0.411. The average Bonchev–Trinajstić information content (AvgIpc) is 3.16. The van der Waals surface area contributed by atoms with Gasteiger partial charge in [0.15, 0.2) is 5.01 Å². The van der Waals surface area contributed by atoms with Crippen molar-refractivity contribution in [2.24, 2.45) is 0 Å². The highest BCUT2D eigenvalue weighted by atomic mass is 32.1. The molecule has 30 heavy (non-hydrogen) atoms. The van der Waals surface area contributed by atoms with Crippen LogP contribution < -0.4 is 27.6 Å². The molecule has 0 unspecified atom stereocenters. The summed E-state index contributed by atoms with van der Waals surface area (Å²) >= 11 is 1.36. The number of benzene rings is 1. The number of H-pyrrole nitrogens is 2. The first-order chi connectivity index (χ1) is 14.4. The smallest absolute Gasteiger partial charge is 0.326 e. The summed E-state index contributed by atoms with van der Waals surface area (Å²) in [4.78, 5) is 56.4. The Balaban J connectivity index is 1.32. The Hall–Kier alpha value is -3.47. The number of nitrogens with one attached hydrogen (secondary N) is 4. The van der Waals surface area contributed by atoms with Crippen LogP contribution in [0.2, 0.25) is 0 Å². The number of nitrogens with two attached hydrogens (primary N) is 1. The predicted octanol–water partition coefficient (Wildman–Crippen LogP) is 0.726. The molecule has 10 nitrogen and oxygen atoms in total. The maximum Gasteiger partial charge on any atom is 0.326 e. The topological polar surface area (TPSA) is 163 Å². The molecule has 1 aliphatic carbocycles. The molecule has 0 saturated heterocycles. The molecular weight excluding hydrogens is 408 g/mol. The van der Waals surface area contributed by atoms with Gasteiger partial charge in [-0.25, -0.2) is 9.78 Å². The number of amides is 2. The van der Waals surface area contributed by atoms with Crippen LogP contribution in [0.3, 0.4) is 0 Å². The van der Waals surface area contributed by atoms with Crippen LogP contribution in [0.25, 0.3) is 10.2 Å². The first kappa shape index (κ1) is 19.8. The number of thiazole rings is 1. The number of carbonyl (C=O) groups is 2. The molecule has 4 rings (SSSR count). The van der Waals surface area contributed by atoms with E-state index >= 15 is 0 Å². The van der Waals surface area contributed by atoms with E-state index in [1.165, 1.54) is 11.3 Å². The highest BCUT2D eigenvalue weighted by Crippen LogP contribution is 2.23. The van der Waals surface area contributed by atoms with E-state index in [9.17, 15) is 19.2 Å². The van der Waals surface area contributed by atoms with Crippen LogP contribution in [-0.2, 0) is 0 Å². The van der Waals surface area contributed by atoms with Crippen LogP contribution in [-0.4, -0.2) is 38.8 Å². The zero-order chi connectivity index (χ0) is 21.3. The van der Waals surface area contributed by atoms with Crippen molar-refractivity contribution in [3.63, 3.8) is 0 Å². The first-order valence-corrected chi connectivity index (χ1v) is 10.3. The lowest BCUT2D eigenvalue weighted by Gasteiger charge is -2.29. The minimum absolute atomic E-state index is 0.0119. The zero-order valence-corrected chi connectivity index (χ0v) is 16.7. The maximum absolute atomic E-state index is 12.5. The summed E-state index contributed by atoms with van der Waals surface area (Å²) < 4.78 is 0.964. The number of fused-ring (bicyclic) bond motifs is 1. The second kappa shape index (κ2) is 8.11. The lowest BCUT2D eigenvalue weighted by atomic mass is 9.91. The normalized spacial score (nSPS) is 18.8. The number of aromatic amines is 2. The minimum Gasteiger partial charge on any atom is -0.392 e. The summed E-state index contributed by atoms with van der Waals surface area (Å²) in [6.07, 6.45) is 2.65. The van der Waals surface area contributed by atoms with Crippen molar-refractivity contribution in [3.8, 4) is 0 Å². The third-order valence-corrected chi connectivity index (χ3v) is 6.13. The lowest BCUT2D eigenvalue weighted by molar-refractivity contribution is 0.0889. The molecule has 1 saturated carbocycles. The minimum atomic E-state index is -0.801. The number of anilines is 1. The van der Waals surface area contributed by atoms with Crippen LogP contribution in [0, 0.1) is 0 Å². The van der Waals surface area contributed by atoms with Gasteiger partial charge in [-0.1, -0.05) is 12.1 Å². The fourth-order valence-electron chi connectivity index (χ4n) is 3.53. The number of carbonyl (C=O) groups excluding carboxylic acids is 2. The van der Waals surface area contributed by atoms with Crippen molar-refractivity contribution in [2.45, 2.75) is 37.8 Å². The molecule has 2 heterocycles. The molecule has 6 N–H and O–H groups in total. The van der Waals surface area contributed by atoms with Crippen molar-refractivity contribution in [1.82, 2.24) is 25.6 Å². The van der Waals surface area contributed by atoms with Crippen molar-refractivity contribution in [3.05, 3.63) is 55.8 Å². The number of hydrogen-bond donors (Lipinski definition) is 5. The molecule has 1 fully saturated rings. The molecule has 2 aromatic heterocycles. The molecule has 0 aliphatic heterocycles. The number of nitrogen functional groups attached to an aromatic ring is 1. The molecule has 2 amide bonds. The van der Waals surface area contributed by atoms with E-state index in [1.54, 1.807) is 0 Å². The molecule has 0 spiro atoms. The van der Waals surface area contributed by atoms with E-state index in [1.807, 2.05) is 29.2 Å². The van der Waals surface area contributed by atoms with Crippen molar-refractivity contribution in [1.29, 1.82) is 0 Å². The van der Waals surface area contributed by atoms with Gasteiger partial charge in [0.1, 0.15) is 11.4 Å². The summed E-state index contributed by atoms with van der Waals surface area (Å²) in [5, 5.41) is 6.23. The van der Waals surface area contributed by atoms with Crippen LogP contribution in [0.4, 0.5) is 5.69 Å². The van der Waals surface area contributed by atoms with Gasteiger partial charge in [-0.05, 0) is 37.8 Å².